The summed E-state index contributed by atoms with van der Waals surface area (Å²) in [5, 5.41) is 2.89. The van der Waals surface area contributed by atoms with Crippen LogP contribution in [0.15, 0.2) is 54.6 Å². The monoisotopic (exact) mass is 350 g/mol. The van der Waals surface area contributed by atoms with E-state index in [1.54, 1.807) is 4.90 Å². The zero-order chi connectivity index (χ0) is 18.5. The summed E-state index contributed by atoms with van der Waals surface area (Å²) in [5.74, 6) is -0.435. The fourth-order valence-electron chi connectivity index (χ4n) is 3.33. The standard InChI is InChI=1S/C22H26N2O2/c1-16(2)15-23-21(25)19-12-13-24(22(19)26)20-11-7-6-10-18(20)14-17-8-4-3-5-9-17/h3-11,16,19H,12-15H2,1-2H3,(H,23,25)/t19-/m0/s1. The van der Waals surface area contributed by atoms with Gasteiger partial charge in [-0.3, -0.25) is 9.59 Å². The minimum Gasteiger partial charge on any atom is -0.355 e. The van der Waals surface area contributed by atoms with Gasteiger partial charge in [0.15, 0.2) is 0 Å². The zero-order valence-corrected chi connectivity index (χ0v) is 15.4. The lowest BCUT2D eigenvalue weighted by Gasteiger charge is -2.20. The third kappa shape index (κ3) is 4.13. The number of nitrogens with one attached hydrogen (secondary N) is 1. The Bertz CT molecular complexity index is 771. The van der Waals surface area contributed by atoms with E-state index >= 15 is 0 Å². The molecular weight excluding hydrogens is 324 g/mol. The molecule has 0 unspecified atom stereocenters. The zero-order valence-electron chi connectivity index (χ0n) is 15.4. The van der Waals surface area contributed by atoms with E-state index in [0.717, 1.165) is 17.7 Å². The highest BCUT2D eigenvalue weighted by Crippen LogP contribution is 2.29. The van der Waals surface area contributed by atoms with E-state index in [9.17, 15) is 9.59 Å². The van der Waals surface area contributed by atoms with Crippen LogP contribution in [0.5, 0.6) is 0 Å². The largest absolute Gasteiger partial charge is 0.355 e. The highest BCUT2D eigenvalue weighted by atomic mass is 16.2. The van der Waals surface area contributed by atoms with Gasteiger partial charge in [-0.2, -0.15) is 0 Å². The number of para-hydroxylation sites is 1. The Hall–Kier alpha value is -2.62. The van der Waals surface area contributed by atoms with Crippen molar-refractivity contribution in [3.05, 3.63) is 65.7 Å². The van der Waals surface area contributed by atoms with Crippen molar-refractivity contribution in [1.82, 2.24) is 5.32 Å². The van der Waals surface area contributed by atoms with Crippen molar-refractivity contribution in [2.45, 2.75) is 26.7 Å². The highest BCUT2D eigenvalue weighted by molar-refractivity contribution is 6.09. The van der Waals surface area contributed by atoms with Gasteiger partial charge >= 0.3 is 0 Å². The molecule has 2 amide bonds. The fourth-order valence-corrected chi connectivity index (χ4v) is 3.33. The van der Waals surface area contributed by atoms with E-state index in [1.165, 1.54) is 5.56 Å². The topological polar surface area (TPSA) is 49.4 Å². The maximum atomic E-state index is 12.9. The number of carbonyl (C=O) groups excluding carboxylic acids is 2. The van der Waals surface area contributed by atoms with Crippen molar-refractivity contribution < 1.29 is 9.59 Å². The molecule has 1 N–H and O–H groups in total. The van der Waals surface area contributed by atoms with Crippen molar-refractivity contribution in [2.24, 2.45) is 11.8 Å². The van der Waals surface area contributed by atoms with Crippen LogP contribution in [0.3, 0.4) is 0 Å². The molecule has 1 saturated heterocycles. The number of amides is 2. The molecule has 3 rings (SSSR count). The molecule has 0 aliphatic carbocycles. The molecule has 1 fully saturated rings. The number of hydrogen-bond acceptors (Lipinski definition) is 2. The Labute approximate surface area is 155 Å². The van der Waals surface area contributed by atoms with Crippen LogP contribution in [0.4, 0.5) is 5.69 Å². The average Bonchev–Trinajstić information content (AvgIpc) is 3.02. The average molecular weight is 350 g/mol. The molecule has 0 radical (unpaired) electrons. The van der Waals surface area contributed by atoms with E-state index in [0.29, 0.717) is 25.4 Å². The molecule has 1 heterocycles. The van der Waals surface area contributed by atoms with Crippen LogP contribution >= 0.6 is 0 Å². The van der Waals surface area contributed by atoms with E-state index in [1.807, 2.05) is 50.2 Å². The van der Waals surface area contributed by atoms with Crippen LogP contribution in [-0.2, 0) is 16.0 Å². The van der Waals surface area contributed by atoms with E-state index in [4.69, 9.17) is 0 Å². The molecule has 1 aliphatic rings. The normalized spacial score (nSPS) is 17.0. The molecule has 4 nitrogen and oxygen atoms in total. The number of anilines is 1. The summed E-state index contributed by atoms with van der Waals surface area (Å²) in [4.78, 5) is 27.0. The van der Waals surface area contributed by atoms with Gasteiger partial charge in [0.05, 0.1) is 0 Å². The second kappa shape index (κ2) is 8.17. The predicted octanol–water partition coefficient (Wildman–Crippen LogP) is 3.40. The molecule has 1 aliphatic heterocycles. The van der Waals surface area contributed by atoms with E-state index < -0.39 is 5.92 Å². The van der Waals surface area contributed by atoms with Gasteiger partial charge in [0.1, 0.15) is 5.92 Å². The molecule has 2 aromatic carbocycles. The van der Waals surface area contributed by atoms with Crippen LogP contribution < -0.4 is 10.2 Å². The lowest BCUT2D eigenvalue weighted by Crippen LogP contribution is -2.38. The molecule has 0 spiro atoms. The number of carbonyl (C=O) groups is 2. The van der Waals surface area contributed by atoms with Gasteiger partial charge in [-0.1, -0.05) is 62.4 Å². The number of nitrogens with zero attached hydrogens (tertiary/aromatic N) is 1. The van der Waals surface area contributed by atoms with Crippen molar-refractivity contribution in [3.8, 4) is 0 Å². The van der Waals surface area contributed by atoms with Gasteiger partial charge in [0.25, 0.3) is 0 Å². The Balaban J connectivity index is 1.76. The van der Waals surface area contributed by atoms with Gasteiger partial charge in [0, 0.05) is 18.8 Å². The third-order valence-corrected chi connectivity index (χ3v) is 4.73. The first-order valence-corrected chi connectivity index (χ1v) is 9.27. The number of hydrogen-bond donors (Lipinski definition) is 1. The molecule has 4 heteroatoms. The molecule has 0 bridgehead atoms. The lowest BCUT2D eigenvalue weighted by atomic mass is 10.0. The van der Waals surface area contributed by atoms with Gasteiger partial charge < -0.3 is 10.2 Å². The van der Waals surface area contributed by atoms with Gasteiger partial charge in [-0.05, 0) is 36.0 Å². The minimum absolute atomic E-state index is 0.0910. The SMILES string of the molecule is CC(C)CNC(=O)[C@@H]1CCN(c2ccccc2Cc2ccccc2)C1=O. The fraction of sp³-hybridized carbons (Fsp3) is 0.364. The van der Waals surface area contributed by atoms with Gasteiger partial charge in [-0.15, -0.1) is 0 Å². The van der Waals surface area contributed by atoms with Crippen LogP contribution in [0, 0.1) is 11.8 Å². The van der Waals surface area contributed by atoms with Crippen LogP contribution in [0.1, 0.15) is 31.4 Å². The lowest BCUT2D eigenvalue weighted by molar-refractivity contribution is -0.132. The Kier molecular flexibility index (Phi) is 5.71. The quantitative estimate of drug-likeness (QED) is 0.812. The molecule has 0 saturated carbocycles. The summed E-state index contributed by atoms with van der Waals surface area (Å²) < 4.78 is 0. The van der Waals surface area contributed by atoms with Gasteiger partial charge in [0.2, 0.25) is 11.8 Å². The molecule has 26 heavy (non-hydrogen) atoms. The summed E-state index contributed by atoms with van der Waals surface area (Å²) in [6.45, 7) is 5.28. The van der Waals surface area contributed by atoms with Crippen LogP contribution in [0.2, 0.25) is 0 Å². The van der Waals surface area contributed by atoms with E-state index in [-0.39, 0.29) is 11.8 Å². The summed E-state index contributed by atoms with van der Waals surface area (Å²) in [7, 11) is 0. The number of benzene rings is 2. The summed E-state index contributed by atoms with van der Waals surface area (Å²) in [6.07, 6.45) is 1.34. The second-order valence-corrected chi connectivity index (χ2v) is 7.26. The second-order valence-electron chi connectivity index (χ2n) is 7.26. The van der Waals surface area contributed by atoms with Crippen molar-refractivity contribution in [3.63, 3.8) is 0 Å². The summed E-state index contributed by atoms with van der Waals surface area (Å²) in [5.41, 5.74) is 3.23. The van der Waals surface area contributed by atoms with Crippen molar-refractivity contribution in [1.29, 1.82) is 0 Å². The highest BCUT2D eigenvalue weighted by Gasteiger charge is 2.38. The van der Waals surface area contributed by atoms with Crippen molar-refractivity contribution >= 4 is 17.5 Å². The van der Waals surface area contributed by atoms with Crippen LogP contribution in [-0.4, -0.2) is 24.9 Å². The molecule has 0 aromatic heterocycles. The van der Waals surface area contributed by atoms with Crippen molar-refractivity contribution in [2.75, 3.05) is 18.0 Å². The Morgan fingerprint density at radius 1 is 1.12 bits per heavy atom. The first kappa shape index (κ1) is 18.2. The summed E-state index contributed by atoms with van der Waals surface area (Å²) >= 11 is 0. The molecule has 136 valence electrons. The summed E-state index contributed by atoms with van der Waals surface area (Å²) in [6, 6.07) is 18.2. The first-order chi connectivity index (χ1) is 12.6. The maximum absolute atomic E-state index is 12.9. The molecule has 1 atom stereocenters. The maximum Gasteiger partial charge on any atom is 0.239 e. The molecular formula is C22H26N2O2. The van der Waals surface area contributed by atoms with Gasteiger partial charge in [-0.25, -0.2) is 0 Å². The Morgan fingerprint density at radius 3 is 2.54 bits per heavy atom. The van der Waals surface area contributed by atoms with Crippen LogP contribution in [0.25, 0.3) is 0 Å². The third-order valence-electron chi connectivity index (χ3n) is 4.73. The first-order valence-electron chi connectivity index (χ1n) is 9.27. The Morgan fingerprint density at radius 2 is 1.81 bits per heavy atom. The van der Waals surface area contributed by atoms with E-state index in [2.05, 4.69) is 23.5 Å². The number of rotatable bonds is 6. The minimum atomic E-state index is -0.571. The smallest absolute Gasteiger partial charge is 0.239 e. The molecule has 2 aromatic rings. The predicted molar refractivity (Wildman–Crippen MR) is 104 cm³/mol.